The van der Waals surface area contributed by atoms with Crippen LogP contribution in [0, 0.1) is 10.1 Å². The van der Waals surface area contributed by atoms with Gasteiger partial charge in [-0.3, -0.25) is 14.9 Å². The van der Waals surface area contributed by atoms with Gasteiger partial charge in [-0.15, -0.1) is 0 Å². The number of nitrogens with zero attached hydrogens (tertiary/aromatic N) is 1. The highest BCUT2D eigenvalue weighted by molar-refractivity contribution is 6.33. The second-order valence-electron chi connectivity index (χ2n) is 4.15. The molecule has 8 nitrogen and oxygen atoms in total. The summed E-state index contributed by atoms with van der Waals surface area (Å²) in [5, 5.41) is 30.9. The van der Waals surface area contributed by atoms with Crippen LogP contribution in [-0.2, 0) is 4.79 Å². The third-order valence-corrected chi connectivity index (χ3v) is 2.77. The largest absolute Gasteiger partial charge is 0.479 e. The molecule has 3 N–H and O–H groups in total. The van der Waals surface area contributed by atoms with Crippen molar-refractivity contribution in [2.45, 2.75) is 12.5 Å². The minimum Gasteiger partial charge on any atom is -0.479 e. The van der Waals surface area contributed by atoms with Crippen molar-refractivity contribution in [3.05, 3.63) is 38.9 Å². The summed E-state index contributed by atoms with van der Waals surface area (Å²) in [6.45, 7) is 0.382. The Hall–Kier alpha value is -2.19. The molecule has 0 heterocycles. The first kappa shape index (κ1) is 15.9. The summed E-state index contributed by atoms with van der Waals surface area (Å²) in [6.07, 6.45) is 0. The van der Waals surface area contributed by atoms with Gasteiger partial charge in [0.2, 0.25) is 0 Å². The molecule has 0 saturated carbocycles. The summed E-state index contributed by atoms with van der Waals surface area (Å²) in [4.78, 5) is 32.5. The number of carboxylic acid groups (broad SMARTS) is 1. The molecule has 0 saturated heterocycles. The first-order valence-electron chi connectivity index (χ1n) is 5.33. The van der Waals surface area contributed by atoms with E-state index in [-0.39, 0.29) is 10.6 Å². The lowest BCUT2D eigenvalue weighted by molar-refractivity contribution is -0.385. The van der Waals surface area contributed by atoms with E-state index in [1.807, 2.05) is 0 Å². The van der Waals surface area contributed by atoms with Crippen LogP contribution in [0.2, 0.25) is 5.02 Å². The van der Waals surface area contributed by atoms with E-state index in [0.717, 1.165) is 6.92 Å². The van der Waals surface area contributed by atoms with Crippen LogP contribution in [0.15, 0.2) is 18.2 Å². The SMILES string of the molecule is CC(O)(CNC(=O)c1cccc(Cl)c1[N+](=O)[O-])C(=O)O. The first-order chi connectivity index (χ1) is 9.16. The third kappa shape index (κ3) is 3.43. The highest BCUT2D eigenvalue weighted by Crippen LogP contribution is 2.28. The molecule has 0 aliphatic heterocycles. The van der Waals surface area contributed by atoms with Crippen molar-refractivity contribution in [1.29, 1.82) is 0 Å². The molecule has 0 aliphatic rings. The zero-order valence-electron chi connectivity index (χ0n) is 10.3. The fraction of sp³-hybridized carbons (Fsp3) is 0.273. The van der Waals surface area contributed by atoms with Gasteiger partial charge >= 0.3 is 11.7 Å². The van der Waals surface area contributed by atoms with E-state index in [2.05, 4.69) is 5.32 Å². The van der Waals surface area contributed by atoms with Crippen LogP contribution in [0.5, 0.6) is 0 Å². The van der Waals surface area contributed by atoms with Crippen LogP contribution >= 0.6 is 11.6 Å². The lowest BCUT2D eigenvalue weighted by Gasteiger charge is -2.18. The zero-order valence-corrected chi connectivity index (χ0v) is 11.0. The Bertz CT molecular complexity index is 572. The molecule has 0 aliphatic carbocycles. The standard InChI is InChI=1S/C11H11ClN2O6/c1-11(18,10(16)17)5-13-9(15)6-3-2-4-7(12)8(6)14(19)20/h2-4,18H,5H2,1H3,(H,13,15)(H,16,17). The number of hydrogen-bond donors (Lipinski definition) is 3. The quantitative estimate of drug-likeness (QED) is 0.545. The van der Waals surface area contributed by atoms with Crippen molar-refractivity contribution in [2.24, 2.45) is 0 Å². The van der Waals surface area contributed by atoms with Gasteiger partial charge in [-0.1, -0.05) is 17.7 Å². The highest BCUT2D eigenvalue weighted by Gasteiger charge is 2.31. The average molecular weight is 303 g/mol. The number of carboxylic acids is 1. The summed E-state index contributed by atoms with van der Waals surface area (Å²) in [5.41, 5.74) is -3.08. The Morgan fingerprint density at radius 2 is 2.10 bits per heavy atom. The third-order valence-electron chi connectivity index (χ3n) is 2.47. The zero-order chi connectivity index (χ0) is 15.5. The van der Waals surface area contributed by atoms with Crippen LogP contribution in [-0.4, -0.2) is 39.2 Å². The molecule has 1 atom stereocenters. The van der Waals surface area contributed by atoms with E-state index in [9.17, 15) is 24.8 Å². The molecule has 1 aromatic carbocycles. The van der Waals surface area contributed by atoms with E-state index < -0.39 is 34.6 Å². The molecule has 1 amide bonds. The Morgan fingerprint density at radius 3 is 2.60 bits per heavy atom. The predicted octanol–water partition coefficient (Wildman–Crippen LogP) is 0.814. The lowest BCUT2D eigenvalue weighted by atomic mass is 10.1. The van der Waals surface area contributed by atoms with Gasteiger partial charge in [-0.05, 0) is 19.1 Å². The van der Waals surface area contributed by atoms with Crippen molar-refractivity contribution in [3.63, 3.8) is 0 Å². The maximum Gasteiger partial charge on any atom is 0.337 e. The Labute approximate surface area is 118 Å². The first-order valence-corrected chi connectivity index (χ1v) is 5.71. The lowest BCUT2D eigenvalue weighted by Crippen LogP contribution is -2.46. The van der Waals surface area contributed by atoms with Crippen LogP contribution in [0.3, 0.4) is 0 Å². The fourth-order valence-corrected chi connectivity index (χ4v) is 1.55. The van der Waals surface area contributed by atoms with Gasteiger partial charge in [0.25, 0.3) is 5.91 Å². The number of nitro groups is 1. The summed E-state index contributed by atoms with van der Waals surface area (Å²) >= 11 is 5.64. The van der Waals surface area contributed by atoms with Crippen molar-refractivity contribution < 1.29 is 24.7 Å². The molecule has 0 bridgehead atoms. The Balaban J connectivity index is 2.97. The number of nitrogens with one attached hydrogen (secondary N) is 1. The summed E-state index contributed by atoms with van der Waals surface area (Å²) in [6, 6.07) is 3.78. The van der Waals surface area contributed by atoms with Gasteiger partial charge in [-0.2, -0.15) is 0 Å². The molecule has 20 heavy (non-hydrogen) atoms. The van der Waals surface area contributed by atoms with Gasteiger partial charge in [0.05, 0.1) is 11.5 Å². The Morgan fingerprint density at radius 1 is 1.50 bits per heavy atom. The van der Waals surface area contributed by atoms with E-state index in [4.69, 9.17) is 16.7 Å². The van der Waals surface area contributed by atoms with E-state index >= 15 is 0 Å². The maximum atomic E-state index is 11.8. The predicted molar refractivity (Wildman–Crippen MR) is 68.7 cm³/mol. The van der Waals surface area contributed by atoms with Gasteiger partial charge in [0.1, 0.15) is 10.6 Å². The summed E-state index contributed by atoms with van der Waals surface area (Å²) in [7, 11) is 0. The van der Waals surface area contributed by atoms with Gasteiger partial charge < -0.3 is 15.5 Å². The normalized spacial score (nSPS) is 13.3. The van der Waals surface area contributed by atoms with Crippen LogP contribution in [0.4, 0.5) is 5.69 Å². The van der Waals surface area contributed by atoms with Crippen molar-refractivity contribution in [3.8, 4) is 0 Å². The number of carbonyl (C=O) groups excluding carboxylic acids is 1. The number of para-hydroxylation sites is 1. The smallest absolute Gasteiger partial charge is 0.337 e. The van der Waals surface area contributed by atoms with Crippen LogP contribution in [0.1, 0.15) is 17.3 Å². The fourth-order valence-electron chi connectivity index (χ4n) is 1.31. The molecule has 0 aromatic heterocycles. The molecule has 9 heteroatoms. The second-order valence-corrected chi connectivity index (χ2v) is 4.56. The molecule has 0 spiro atoms. The summed E-state index contributed by atoms with van der Waals surface area (Å²) < 4.78 is 0. The number of aliphatic carboxylic acids is 1. The van der Waals surface area contributed by atoms with Crippen LogP contribution < -0.4 is 5.32 Å². The topological polar surface area (TPSA) is 130 Å². The molecule has 1 rings (SSSR count). The number of nitro benzene ring substituents is 1. The van der Waals surface area contributed by atoms with E-state index in [0.29, 0.717) is 0 Å². The molecular weight excluding hydrogens is 292 g/mol. The average Bonchev–Trinajstić information content (AvgIpc) is 2.35. The van der Waals surface area contributed by atoms with Gasteiger partial charge in [0.15, 0.2) is 5.60 Å². The maximum absolute atomic E-state index is 11.8. The van der Waals surface area contributed by atoms with Gasteiger partial charge in [-0.25, -0.2) is 4.79 Å². The molecule has 108 valence electrons. The molecule has 1 aromatic rings. The number of benzene rings is 1. The highest BCUT2D eigenvalue weighted by atomic mass is 35.5. The molecule has 1 unspecified atom stereocenters. The van der Waals surface area contributed by atoms with Crippen LogP contribution in [0.25, 0.3) is 0 Å². The number of hydrogen-bond acceptors (Lipinski definition) is 5. The monoisotopic (exact) mass is 302 g/mol. The molecule has 0 radical (unpaired) electrons. The molecular formula is C11H11ClN2O6. The molecule has 0 fully saturated rings. The number of carbonyl (C=O) groups is 2. The van der Waals surface area contributed by atoms with Crippen molar-refractivity contribution in [2.75, 3.05) is 6.54 Å². The minimum absolute atomic E-state index is 0.215. The van der Waals surface area contributed by atoms with E-state index in [1.165, 1.54) is 18.2 Å². The van der Waals surface area contributed by atoms with Crippen molar-refractivity contribution in [1.82, 2.24) is 5.32 Å². The minimum atomic E-state index is -2.18. The number of halogens is 1. The van der Waals surface area contributed by atoms with Gasteiger partial charge in [0, 0.05) is 0 Å². The summed E-state index contributed by atoms with van der Waals surface area (Å²) in [5.74, 6) is -2.43. The number of amides is 1. The van der Waals surface area contributed by atoms with E-state index in [1.54, 1.807) is 0 Å². The second kappa shape index (κ2) is 5.85. The number of aliphatic hydroxyl groups is 1. The number of rotatable bonds is 5. The van der Waals surface area contributed by atoms with Crippen molar-refractivity contribution >= 4 is 29.2 Å². The Kier molecular flexibility index (Phi) is 4.64.